The number of unbranched alkanes of at least 4 members (excludes halogenated alkanes) is 6. The summed E-state index contributed by atoms with van der Waals surface area (Å²) in [7, 11) is 0. The lowest BCUT2D eigenvalue weighted by Gasteiger charge is -2.20. The van der Waals surface area contributed by atoms with Crippen molar-refractivity contribution in [2.24, 2.45) is 0 Å². The van der Waals surface area contributed by atoms with E-state index in [1.807, 2.05) is 55.4 Å². The van der Waals surface area contributed by atoms with Crippen molar-refractivity contribution >= 4 is 11.9 Å². The predicted octanol–water partition coefficient (Wildman–Crippen LogP) is 9.11. The second-order valence-corrected chi connectivity index (χ2v) is 11.3. The summed E-state index contributed by atoms with van der Waals surface area (Å²) in [6.45, 7) is 22.0. The van der Waals surface area contributed by atoms with E-state index in [9.17, 15) is 9.59 Å². The Hall–Kier alpha value is -2.70. The molecule has 0 N–H and O–H groups in total. The van der Waals surface area contributed by atoms with Gasteiger partial charge in [0.2, 0.25) is 6.29 Å². The number of carbonyl (C=O) groups is 2. The Bertz CT molecular complexity index is 1070. The second kappa shape index (κ2) is 15.3. The van der Waals surface area contributed by atoms with Crippen molar-refractivity contribution in [2.75, 3.05) is 0 Å². The normalized spacial score (nSPS) is 11.3. The molecule has 0 aromatic heterocycles. The highest BCUT2D eigenvalue weighted by atomic mass is 17.3. The third kappa shape index (κ3) is 7.94. The van der Waals surface area contributed by atoms with E-state index in [1.165, 1.54) is 25.7 Å². The maximum Gasteiger partial charge on any atom is 0.373 e. The number of hydrogen-bond acceptors (Lipinski definition) is 6. The highest BCUT2D eigenvalue weighted by Crippen LogP contribution is 2.28. The molecule has 2 aromatic rings. The van der Waals surface area contributed by atoms with Crippen molar-refractivity contribution in [3.8, 4) is 0 Å². The van der Waals surface area contributed by atoms with Crippen LogP contribution in [0.3, 0.4) is 0 Å². The fourth-order valence-corrected chi connectivity index (χ4v) is 5.27. The molecule has 0 heterocycles. The van der Waals surface area contributed by atoms with Gasteiger partial charge in [-0.05, 0) is 131 Å². The minimum atomic E-state index is -1.04. The smallest absolute Gasteiger partial charge is 0.290 e. The van der Waals surface area contributed by atoms with Crippen molar-refractivity contribution in [2.45, 2.75) is 134 Å². The van der Waals surface area contributed by atoms with Gasteiger partial charge in [-0.1, -0.05) is 45.4 Å². The average molecular weight is 555 g/mol. The van der Waals surface area contributed by atoms with Gasteiger partial charge in [0.1, 0.15) is 0 Å². The van der Waals surface area contributed by atoms with Gasteiger partial charge in [0.05, 0.1) is 11.1 Å². The molecule has 222 valence electrons. The van der Waals surface area contributed by atoms with Crippen molar-refractivity contribution in [3.05, 3.63) is 66.8 Å². The molecule has 0 radical (unpaired) electrons. The van der Waals surface area contributed by atoms with E-state index in [-0.39, 0.29) is 0 Å². The Morgan fingerprint density at radius 3 is 1.12 bits per heavy atom. The minimum Gasteiger partial charge on any atom is -0.290 e. The van der Waals surface area contributed by atoms with E-state index in [4.69, 9.17) is 19.6 Å². The average Bonchev–Trinajstić information content (AvgIpc) is 2.93. The van der Waals surface area contributed by atoms with Gasteiger partial charge in [0.15, 0.2) is 0 Å². The number of carbonyl (C=O) groups excluding carboxylic acids is 2. The van der Waals surface area contributed by atoms with Crippen LogP contribution in [0.1, 0.15) is 135 Å². The summed E-state index contributed by atoms with van der Waals surface area (Å²) in [4.78, 5) is 47.8. The highest BCUT2D eigenvalue weighted by molar-refractivity contribution is 5.94. The molecule has 0 fully saturated rings. The Balaban J connectivity index is 2.15. The Kier molecular flexibility index (Phi) is 12.9. The van der Waals surface area contributed by atoms with E-state index in [0.29, 0.717) is 17.5 Å². The van der Waals surface area contributed by atoms with Crippen LogP contribution < -0.4 is 0 Å². The molecule has 0 saturated carbocycles. The summed E-state index contributed by atoms with van der Waals surface area (Å²) >= 11 is 0. The first-order chi connectivity index (χ1) is 18.8. The van der Waals surface area contributed by atoms with Crippen LogP contribution in [0.15, 0.2) is 0 Å². The zero-order valence-electron chi connectivity index (χ0n) is 26.7. The van der Waals surface area contributed by atoms with Crippen LogP contribution in [0.25, 0.3) is 0 Å². The maximum atomic E-state index is 13.1. The van der Waals surface area contributed by atoms with E-state index in [0.717, 1.165) is 74.9 Å². The standard InChI is InChI=1S/C34H50O6/c1-12-13-14-15-16-17-18-19-30(37-39-33(35)31-26(8)22(4)20(2)23(5)27(31)9)38-40-34(36)32-28(10)24(6)21(3)25(7)29(32)11/h30H,12-19H2,1-11H3. The quantitative estimate of drug-likeness (QED) is 0.100. The van der Waals surface area contributed by atoms with Crippen LogP contribution in [0.2, 0.25) is 0 Å². The minimum absolute atomic E-state index is 0.419. The SMILES string of the molecule is CCCCCCCCCC(OOC(=O)c1c(C)c(C)c(C)c(C)c1C)OOC(=O)c1c(C)c(C)c(C)c(C)c1C. The number of hydrogen-bond donors (Lipinski definition) is 0. The molecule has 40 heavy (non-hydrogen) atoms. The van der Waals surface area contributed by atoms with Crippen LogP contribution in [-0.4, -0.2) is 18.2 Å². The van der Waals surface area contributed by atoms with Crippen LogP contribution in [0.5, 0.6) is 0 Å². The van der Waals surface area contributed by atoms with Gasteiger partial charge >= 0.3 is 11.9 Å². The molecule has 0 aliphatic rings. The van der Waals surface area contributed by atoms with Gasteiger partial charge in [-0.3, -0.25) is 9.78 Å². The number of benzene rings is 2. The van der Waals surface area contributed by atoms with E-state index >= 15 is 0 Å². The largest absolute Gasteiger partial charge is 0.373 e. The summed E-state index contributed by atoms with van der Waals surface area (Å²) in [6.07, 6.45) is 7.11. The van der Waals surface area contributed by atoms with Crippen LogP contribution in [0, 0.1) is 69.2 Å². The van der Waals surface area contributed by atoms with Crippen LogP contribution in [-0.2, 0) is 19.6 Å². The molecule has 0 atom stereocenters. The van der Waals surface area contributed by atoms with E-state index in [1.54, 1.807) is 0 Å². The fourth-order valence-electron chi connectivity index (χ4n) is 5.27. The van der Waals surface area contributed by atoms with Crippen molar-refractivity contribution in [1.29, 1.82) is 0 Å². The highest BCUT2D eigenvalue weighted by Gasteiger charge is 2.25. The van der Waals surface area contributed by atoms with Gasteiger partial charge in [-0.2, -0.15) is 0 Å². The van der Waals surface area contributed by atoms with Crippen molar-refractivity contribution in [3.63, 3.8) is 0 Å². The molecule has 0 bridgehead atoms. The Labute approximate surface area is 241 Å². The molecule has 0 aliphatic carbocycles. The zero-order valence-corrected chi connectivity index (χ0v) is 26.7. The molecule has 2 aromatic carbocycles. The van der Waals surface area contributed by atoms with Crippen LogP contribution >= 0.6 is 0 Å². The summed E-state index contributed by atoms with van der Waals surface area (Å²) in [5.41, 5.74) is 10.9. The summed E-state index contributed by atoms with van der Waals surface area (Å²) in [5.74, 6) is -1.17. The molecule has 2 rings (SSSR count). The third-order valence-electron chi connectivity index (χ3n) is 8.91. The molecule has 0 aliphatic heterocycles. The lowest BCUT2D eigenvalue weighted by molar-refractivity contribution is -0.421. The van der Waals surface area contributed by atoms with Crippen molar-refractivity contribution in [1.82, 2.24) is 0 Å². The number of rotatable bonds is 14. The lowest BCUT2D eigenvalue weighted by Crippen LogP contribution is -2.24. The first-order valence-corrected chi connectivity index (χ1v) is 14.7. The topological polar surface area (TPSA) is 71.1 Å². The Morgan fingerprint density at radius 1 is 0.475 bits per heavy atom. The van der Waals surface area contributed by atoms with Gasteiger partial charge < -0.3 is 0 Å². The first-order valence-electron chi connectivity index (χ1n) is 14.7. The van der Waals surface area contributed by atoms with Gasteiger partial charge in [-0.15, -0.1) is 9.78 Å². The molecule has 0 amide bonds. The molecule has 0 unspecified atom stereocenters. The molecular weight excluding hydrogens is 504 g/mol. The Morgan fingerprint density at radius 2 is 0.775 bits per heavy atom. The first kappa shape index (κ1) is 33.5. The maximum absolute atomic E-state index is 13.1. The fraction of sp³-hybridized carbons (Fsp3) is 0.588. The molecule has 0 spiro atoms. The van der Waals surface area contributed by atoms with E-state index < -0.39 is 18.2 Å². The van der Waals surface area contributed by atoms with E-state index in [2.05, 4.69) is 20.8 Å². The second-order valence-electron chi connectivity index (χ2n) is 11.3. The summed E-state index contributed by atoms with van der Waals surface area (Å²) in [5, 5.41) is 0. The predicted molar refractivity (Wildman–Crippen MR) is 160 cm³/mol. The monoisotopic (exact) mass is 554 g/mol. The van der Waals surface area contributed by atoms with Crippen LogP contribution in [0.4, 0.5) is 0 Å². The molecular formula is C34H50O6. The van der Waals surface area contributed by atoms with Gasteiger partial charge in [0, 0.05) is 6.42 Å². The molecule has 0 saturated heterocycles. The molecule has 6 heteroatoms. The third-order valence-corrected chi connectivity index (χ3v) is 8.91. The lowest BCUT2D eigenvalue weighted by atomic mass is 9.90. The van der Waals surface area contributed by atoms with Crippen molar-refractivity contribution < 1.29 is 29.1 Å². The van der Waals surface area contributed by atoms with Gasteiger partial charge in [0.25, 0.3) is 0 Å². The summed E-state index contributed by atoms with van der Waals surface area (Å²) in [6, 6.07) is 0. The summed E-state index contributed by atoms with van der Waals surface area (Å²) < 4.78 is 0. The zero-order chi connectivity index (χ0) is 30.1. The van der Waals surface area contributed by atoms with Gasteiger partial charge in [-0.25, -0.2) is 9.59 Å². The molecule has 6 nitrogen and oxygen atoms in total.